The number of carbonyl (C=O) groups is 1. The van der Waals surface area contributed by atoms with E-state index in [0.29, 0.717) is 17.6 Å². The van der Waals surface area contributed by atoms with Gasteiger partial charge < -0.3 is 19.9 Å². The van der Waals surface area contributed by atoms with E-state index in [9.17, 15) is 27.2 Å². The van der Waals surface area contributed by atoms with Gasteiger partial charge in [-0.1, -0.05) is 18.2 Å². The molecule has 3 aliphatic heterocycles. The number of methoxy groups -OCH3 is 1. The first-order chi connectivity index (χ1) is 21.4. The monoisotopic (exact) mass is 685 g/mol. The van der Waals surface area contributed by atoms with E-state index < -0.39 is 62.9 Å². The molecule has 2 aromatic carbocycles. The van der Waals surface area contributed by atoms with E-state index in [1.807, 2.05) is 0 Å². The molecule has 3 aliphatic rings. The average Bonchev–Trinajstić information content (AvgIpc) is 3.35. The molecule has 1 amide bonds. The summed E-state index contributed by atoms with van der Waals surface area (Å²) in [4.78, 5) is 34.0. The van der Waals surface area contributed by atoms with Crippen LogP contribution in [0.5, 0.6) is 0 Å². The van der Waals surface area contributed by atoms with E-state index in [0.717, 1.165) is 30.1 Å². The molecule has 3 aromatic rings. The normalized spacial score (nSPS) is 23.2. The second-order valence-electron chi connectivity index (χ2n) is 10.8. The van der Waals surface area contributed by atoms with Crippen molar-refractivity contribution in [3.05, 3.63) is 63.6 Å². The first-order valence-electron chi connectivity index (χ1n) is 13.7. The minimum absolute atomic E-state index is 0.0427. The van der Waals surface area contributed by atoms with Crippen LogP contribution in [0.4, 0.5) is 27.8 Å². The molecule has 2 fully saturated rings. The molecule has 0 radical (unpaired) electrons. The SMILES string of the molecule is C=CC(=O)N1CCN(c2nc(=O)n3c4c(c(-c5cc(Cl)c(F)cc5F)c(C(F)(F)F)cc24)SC[C@@H](OC)C3)C2(C=N)CSCC12. The van der Waals surface area contributed by atoms with E-state index in [-0.39, 0.29) is 52.9 Å². The van der Waals surface area contributed by atoms with Gasteiger partial charge in [0.2, 0.25) is 5.91 Å². The highest BCUT2D eigenvalue weighted by atomic mass is 35.5. The maximum atomic E-state index is 15.3. The fraction of sp³-hybridized carbons (Fsp3) is 0.379. The van der Waals surface area contributed by atoms with Crippen molar-refractivity contribution in [2.45, 2.75) is 35.3 Å². The van der Waals surface area contributed by atoms with Crippen molar-refractivity contribution < 1.29 is 31.5 Å². The van der Waals surface area contributed by atoms with Crippen LogP contribution in [0.2, 0.25) is 5.02 Å². The van der Waals surface area contributed by atoms with Crippen LogP contribution in [0.25, 0.3) is 22.0 Å². The predicted octanol–water partition coefficient (Wildman–Crippen LogP) is 5.47. The molecule has 4 heterocycles. The molecule has 238 valence electrons. The van der Waals surface area contributed by atoms with Gasteiger partial charge in [-0.15, -0.1) is 11.8 Å². The molecule has 6 rings (SSSR count). The second kappa shape index (κ2) is 11.6. The summed E-state index contributed by atoms with van der Waals surface area (Å²) in [6, 6.07) is 1.52. The summed E-state index contributed by atoms with van der Waals surface area (Å²) in [5.74, 6) is -1.96. The van der Waals surface area contributed by atoms with Crippen molar-refractivity contribution in [2.75, 3.05) is 42.4 Å². The number of thioether (sulfide) groups is 2. The smallest absolute Gasteiger partial charge is 0.379 e. The van der Waals surface area contributed by atoms with Gasteiger partial charge in [0, 0.05) is 71.1 Å². The largest absolute Gasteiger partial charge is 0.417 e. The highest BCUT2D eigenvalue weighted by Gasteiger charge is 2.54. The van der Waals surface area contributed by atoms with Gasteiger partial charge in [0.25, 0.3) is 0 Å². The zero-order valence-corrected chi connectivity index (χ0v) is 26.0. The Morgan fingerprint density at radius 2 is 1.98 bits per heavy atom. The number of aromatic nitrogens is 2. The Bertz CT molecular complexity index is 1820. The fourth-order valence-electron chi connectivity index (χ4n) is 6.35. The summed E-state index contributed by atoms with van der Waals surface area (Å²) >= 11 is 8.36. The molecular weight excluding hydrogens is 661 g/mol. The summed E-state index contributed by atoms with van der Waals surface area (Å²) in [6.07, 6.45) is -3.32. The lowest BCUT2D eigenvalue weighted by molar-refractivity contribution is -0.137. The fourth-order valence-corrected chi connectivity index (χ4v) is 9.40. The highest BCUT2D eigenvalue weighted by Crippen LogP contribution is 2.50. The Labute approximate surface area is 267 Å². The molecule has 0 aliphatic carbocycles. The number of nitrogens with zero attached hydrogens (tertiary/aromatic N) is 4. The number of benzene rings is 2. The van der Waals surface area contributed by atoms with E-state index >= 15 is 4.39 Å². The molecule has 3 atom stereocenters. The maximum absolute atomic E-state index is 15.3. The molecule has 1 N–H and O–H groups in total. The summed E-state index contributed by atoms with van der Waals surface area (Å²) in [5.41, 5.74) is -4.28. The van der Waals surface area contributed by atoms with Crippen LogP contribution in [-0.4, -0.2) is 81.7 Å². The number of rotatable bonds is 5. The van der Waals surface area contributed by atoms with Gasteiger partial charge in [-0.2, -0.15) is 29.9 Å². The number of nitrogens with one attached hydrogen (secondary N) is 1. The molecule has 2 unspecified atom stereocenters. The van der Waals surface area contributed by atoms with Crippen molar-refractivity contribution in [3.8, 4) is 11.1 Å². The van der Waals surface area contributed by atoms with E-state index in [1.54, 1.807) is 9.80 Å². The zero-order chi connectivity index (χ0) is 32.4. The zero-order valence-electron chi connectivity index (χ0n) is 23.6. The molecule has 0 bridgehead atoms. The molecule has 16 heteroatoms. The maximum Gasteiger partial charge on any atom is 0.417 e. The van der Waals surface area contributed by atoms with Crippen molar-refractivity contribution >= 4 is 64.0 Å². The molecule has 45 heavy (non-hydrogen) atoms. The summed E-state index contributed by atoms with van der Waals surface area (Å²) in [7, 11) is 1.41. The van der Waals surface area contributed by atoms with Crippen LogP contribution < -0.4 is 10.6 Å². The number of piperazine rings is 1. The quantitative estimate of drug-likeness (QED) is 0.165. The van der Waals surface area contributed by atoms with Gasteiger partial charge in [0.15, 0.2) is 0 Å². The third-order valence-electron chi connectivity index (χ3n) is 8.51. The topological polar surface area (TPSA) is 91.5 Å². The Morgan fingerprint density at radius 3 is 2.64 bits per heavy atom. The Morgan fingerprint density at radius 1 is 1.22 bits per heavy atom. The predicted molar refractivity (Wildman–Crippen MR) is 165 cm³/mol. The standard InChI is InChI=1S/C29H25ClF5N5O3S2/c1-3-22(41)38-4-5-40(28(12-36)13-44-11-21(28)38)26-16-6-17(29(33,34)35)23(15-7-18(30)20(32)8-19(15)31)25-24(16)39(27(42)37-26)9-14(43-2)10-45-25/h3,6-8,12,14,21,36H,1,4-5,9-11,13H2,2H3/t14-,21?,28?/m0/s1. The van der Waals surface area contributed by atoms with E-state index in [2.05, 4.69) is 11.6 Å². The molecule has 0 spiro atoms. The summed E-state index contributed by atoms with van der Waals surface area (Å²) in [6.45, 7) is 3.73. The number of halogens is 6. The van der Waals surface area contributed by atoms with Crippen LogP contribution in [0, 0.1) is 17.0 Å². The van der Waals surface area contributed by atoms with E-state index in [1.165, 1.54) is 29.5 Å². The van der Waals surface area contributed by atoms with Crippen LogP contribution >= 0.6 is 35.1 Å². The van der Waals surface area contributed by atoms with Crippen LogP contribution in [0.1, 0.15) is 5.56 Å². The molecular formula is C29H25ClF5N5O3S2. The third-order valence-corrected chi connectivity index (χ3v) is 11.2. The van der Waals surface area contributed by atoms with Gasteiger partial charge >= 0.3 is 11.9 Å². The number of anilines is 1. The summed E-state index contributed by atoms with van der Waals surface area (Å²) in [5, 5.41) is 7.86. The van der Waals surface area contributed by atoms with Gasteiger partial charge in [-0.25, -0.2) is 13.6 Å². The number of alkyl halides is 3. The van der Waals surface area contributed by atoms with Crippen molar-refractivity contribution in [3.63, 3.8) is 0 Å². The van der Waals surface area contributed by atoms with Gasteiger partial charge in [-0.3, -0.25) is 9.36 Å². The Balaban J connectivity index is 1.71. The van der Waals surface area contributed by atoms with Gasteiger partial charge in [0.05, 0.1) is 34.8 Å². The molecule has 2 saturated heterocycles. The van der Waals surface area contributed by atoms with Gasteiger partial charge in [0.1, 0.15) is 23.0 Å². The first-order valence-corrected chi connectivity index (χ1v) is 16.2. The summed E-state index contributed by atoms with van der Waals surface area (Å²) < 4.78 is 81.1. The molecule has 1 aromatic heterocycles. The lowest BCUT2D eigenvalue weighted by atomic mass is 9.87. The second-order valence-corrected chi connectivity index (χ2v) is 13.3. The van der Waals surface area contributed by atoms with Crippen molar-refractivity contribution in [2.24, 2.45) is 0 Å². The number of carbonyl (C=O) groups excluding carboxylic acids is 1. The third kappa shape index (κ3) is 5.02. The Hall–Kier alpha value is -3.14. The highest BCUT2D eigenvalue weighted by molar-refractivity contribution is 8.00. The average molecular weight is 686 g/mol. The number of hydrogen-bond acceptors (Lipinski definition) is 8. The van der Waals surface area contributed by atoms with Crippen molar-refractivity contribution in [1.82, 2.24) is 14.5 Å². The lowest BCUT2D eigenvalue weighted by Gasteiger charge is -2.51. The van der Waals surface area contributed by atoms with Gasteiger partial charge in [-0.05, 0) is 18.2 Å². The first kappa shape index (κ1) is 31.8. The molecule has 8 nitrogen and oxygen atoms in total. The molecule has 0 saturated carbocycles. The van der Waals surface area contributed by atoms with Crippen molar-refractivity contribution in [1.29, 1.82) is 5.41 Å². The van der Waals surface area contributed by atoms with E-state index in [4.69, 9.17) is 21.7 Å². The minimum Gasteiger partial charge on any atom is -0.379 e. The van der Waals surface area contributed by atoms with Crippen LogP contribution in [0.15, 0.2) is 40.5 Å². The number of hydrogen-bond donors (Lipinski definition) is 1. The number of fused-ring (bicyclic) bond motifs is 1. The Kier molecular flexibility index (Phi) is 8.19. The van der Waals surface area contributed by atoms with Crippen LogP contribution in [-0.2, 0) is 22.3 Å². The number of ether oxygens (including phenoxy) is 1. The lowest BCUT2D eigenvalue weighted by Crippen LogP contribution is -2.70. The number of amides is 1. The van der Waals surface area contributed by atoms with Crippen LogP contribution in [0.3, 0.4) is 0 Å². The minimum atomic E-state index is -5.03.